The third kappa shape index (κ3) is 2.89. The molecule has 0 amide bonds. The van der Waals surface area contributed by atoms with Crippen LogP contribution in [0.1, 0.15) is 5.56 Å². The summed E-state index contributed by atoms with van der Waals surface area (Å²) in [5.41, 5.74) is 2.16. The highest BCUT2D eigenvalue weighted by Gasteiger charge is 2.10. The van der Waals surface area contributed by atoms with Crippen LogP contribution in [-0.2, 0) is 6.54 Å². The topological polar surface area (TPSA) is 30.5 Å². The summed E-state index contributed by atoms with van der Waals surface area (Å²) in [5, 5.41) is 6.11. The molecule has 3 nitrogen and oxygen atoms in total. The molecule has 25 heavy (non-hydrogen) atoms. The Hall–Kier alpha value is -2.72. The molecule has 0 saturated carbocycles. The molecule has 0 fully saturated rings. The fourth-order valence-electron chi connectivity index (χ4n) is 3.13. The van der Waals surface area contributed by atoms with Gasteiger partial charge in [-0.2, -0.15) is 0 Å². The van der Waals surface area contributed by atoms with E-state index in [0.29, 0.717) is 6.54 Å². The molecule has 4 aromatic rings. The van der Waals surface area contributed by atoms with Gasteiger partial charge in [0.2, 0.25) is 0 Å². The van der Waals surface area contributed by atoms with Crippen LogP contribution in [0.4, 0.5) is 5.69 Å². The van der Waals surface area contributed by atoms with Gasteiger partial charge >= 0.3 is 0 Å². The van der Waals surface area contributed by atoms with Gasteiger partial charge in [0.15, 0.2) is 11.5 Å². The molecular formula is C21H19NO2S. The number of hydrogen-bond donors (Lipinski definition) is 1. The molecule has 0 aliphatic heterocycles. The molecule has 1 aromatic heterocycles. The van der Waals surface area contributed by atoms with E-state index in [9.17, 15) is 0 Å². The van der Waals surface area contributed by atoms with E-state index in [0.717, 1.165) is 22.7 Å². The zero-order valence-corrected chi connectivity index (χ0v) is 15.0. The van der Waals surface area contributed by atoms with E-state index in [2.05, 4.69) is 47.8 Å². The molecule has 1 N–H and O–H groups in total. The van der Waals surface area contributed by atoms with Gasteiger partial charge in [-0.15, -0.1) is 11.3 Å². The van der Waals surface area contributed by atoms with Crippen LogP contribution in [-0.4, -0.2) is 14.2 Å². The van der Waals surface area contributed by atoms with Crippen LogP contribution in [0.5, 0.6) is 11.5 Å². The van der Waals surface area contributed by atoms with Crippen molar-refractivity contribution in [2.24, 2.45) is 0 Å². The molecule has 0 aliphatic rings. The zero-order chi connectivity index (χ0) is 17.2. The first-order valence-electron chi connectivity index (χ1n) is 8.15. The van der Waals surface area contributed by atoms with E-state index in [1.807, 2.05) is 29.5 Å². The van der Waals surface area contributed by atoms with Crippen molar-refractivity contribution in [3.63, 3.8) is 0 Å². The van der Waals surface area contributed by atoms with Gasteiger partial charge in [-0.3, -0.25) is 0 Å². The largest absolute Gasteiger partial charge is 0.493 e. The number of thiophene rings is 1. The van der Waals surface area contributed by atoms with Crippen LogP contribution in [0, 0.1) is 0 Å². The Morgan fingerprint density at radius 1 is 0.840 bits per heavy atom. The number of hydrogen-bond acceptors (Lipinski definition) is 4. The summed E-state index contributed by atoms with van der Waals surface area (Å²) in [6.07, 6.45) is 0. The highest BCUT2D eigenvalue weighted by atomic mass is 32.1. The molecule has 4 rings (SSSR count). The SMILES string of the molecule is COc1cccc(CNc2ccc3sc4ccccc4c3c2)c1OC. The number of para-hydroxylation sites is 1. The summed E-state index contributed by atoms with van der Waals surface area (Å²) in [4.78, 5) is 0. The number of rotatable bonds is 5. The predicted octanol–water partition coefficient (Wildman–Crippen LogP) is 5.68. The predicted molar refractivity (Wildman–Crippen MR) is 106 cm³/mol. The highest BCUT2D eigenvalue weighted by molar-refractivity contribution is 7.25. The molecule has 0 unspecified atom stereocenters. The molecule has 0 bridgehead atoms. The zero-order valence-electron chi connectivity index (χ0n) is 14.2. The lowest BCUT2D eigenvalue weighted by Crippen LogP contribution is -2.02. The molecule has 0 atom stereocenters. The summed E-state index contributed by atoms with van der Waals surface area (Å²) in [6, 6.07) is 21.0. The summed E-state index contributed by atoms with van der Waals surface area (Å²) in [7, 11) is 3.33. The van der Waals surface area contributed by atoms with E-state index in [-0.39, 0.29) is 0 Å². The van der Waals surface area contributed by atoms with Gasteiger partial charge in [0.25, 0.3) is 0 Å². The van der Waals surface area contributed by atoms with Crippen molar-refractivity contribution < 1.29 is 9.47 Å². The van der Waals surface area contributed by atoms with Gasteiger partial charge in [0.05, 0.1) is 14.2 Å². The lowest BCUT2D eigenvalue weighted by atomic mass is 10.1. The summed E-state index contributed by atoms with van der Waals surface area (Å²) in [5.74, 6) is 1.53. The van der Waals surface area contributed by atoms with Crippen LogP contribution >= 0.6 is 11.3 Å². The molecule has 1 heterocycles. The van der Waals surface area contributed by atoms with Crippen LogP contribution in [0.3, 0.4) is 0 Å². The minimum atomic E-state index is 0.675. The average Bonchev–Trinajstić information content (AvgIpc) is 3.03. The maximum Gasteiger partial charge on any atom is 0.165 e. The van der Waals surface area contributed by atoms with E-state index in [4.69, 9.17) is 9.47 Å². The van der Waals surface area contributed by atoms with Gasteiger partial charge in [-0.1, -0.05) is 30.3 Å². The number of anilines is 1. The van der Waals surface area contributed by atoms with Crippen molar-refractivity contribution in [2.75, 3.05) is 19.5 Å². The van der Waals surface area contributed by atoms with Crippen LogP contribution in [0.25, 0.3) is 20.2 Å². The first kappa shape index (κ1) is 15.8. The lowest BCUT2D eigenvalue weighted by Gasteiger charge is -2.13. The molecule has 3 aromatic carbocycles. The van der Waals surface area contributed by atoms with Gasteiger partial charge in [0.1, 0.15) is 0 Å². The van der Waals surface area contributed by atoms with Crippen molar-refractivity contribution in [1.82, 2.24) is 0 Å². The second-order valence-electron chi connectivity index (χ2n) is 5.82. The van der Waals surface area contributed by atoms with Crippen LogP contribution in [0.2, 0.25) is 0 Å². The first-order valence-corrected chi connectivity index (χ1v) is 8.97. The molecule has 126 valence electrons. The Morgan fingerprint density at radius 2 is 1.68 bits per heavy atom. The lowest BCUT2D eigenvalue weighted by molar-refractivity contribution is 0.352. The highest BCUT2D eigenvalue weighted by Crippen LogP contribution is 2.36. The smallest absolute Gasteiger partial charge is 0.165 e. The van der Waals surface area contributed by atoms with Gasteiger partial charge in [-0.05, 0) is 30.3 Å². The second kappa shape index (κ2) is 6.65. The summed E-state index contributed by atoms with van der Waals surface area (Å²) < 4.78 is 13.5. The van der Waals surface area contributed by atoms with Crippen LogP contribution < -0.4 is 14.8 Å². The number of nitrogens with one attached hydrogen (secondary N) is 1. The molecule has 0 aliphatic carbocycles. The minimum absolute atomic E-state index is 0.675. The van der Waals surface area contributed by atoms with E-state index >= 15 is 0 Å². The maximum atomic E-state index is 5.51. The molecule has 0 saturated heterocycles. The van der Waals surface area contributed by atoms with Crippen LogP contribution in [0.15, 0.2) is 60.7 Å². The summed E-state index contributed by atoms with van der Waals surface area (Å²) >= 11 is 1.83. The fraction of sp³-hybridized carbons (Fsp3) is 0.143. The quantitative estimate of drug-likeness (QED) is 0.502. The summed E-state index contributed by atoms with van der Waals surface area (Å²) in [6.45, 7) is 0.675. The van der Waals surface area contributed by atoms with E-state index < -0.39 is 0 Å². The Bertz CT molecular complexity index is 1040. The van der Waals surface area contributed by atoms with E-state index in [1.165, 1.54) is 20.2 Å². The standard InChI is InChI=1S/C21H19NO2S/c1-23-18-8-5-6-14(21(18)24-2)13-22-15-10-11-20-17(12-15)16-7-3-4-9-19(16)25-20/h3-12,22H,13H2,1-2H3. The Labute approximate surface area is 150 Å². The molecule has 0 spiro atoms. The van der Waals surface area contributed by atoms with Crippen molar-refractivity contribution in [3.8, 4) is 11.5 Å². The normalized spacial score (nSPS) is 11.0. The van der Waals surface area contributed by atoms with Crippen molar-refractivity contribution in [3.05, 3.63) is 66.2 Å². The number of ether oxygens (including phenoxy) is 2. The number of fused-ring (bicyclic) bond motifs is 3. The first-order chi connectivity index (χ1) is 12.3. The van der Waals surface area contributed by atoms with Crippen molar-refractivity contribution >= 4 is 37.2 Å². The third-order valence-electron chi connectivity index (χ3n) is 4.34. The molecule has 0 radical (unpaired) electrons. The molecular weight excluding hydrogens is 330 g/mol. The van der Waals surface area contributed by atoms with Crippen molar-refractivity contribution in [1.29, 1.82) is 0 Å². The monoisotopic (exact) mass is 349 g/mol. The fourth-order valence-corrected chi connectivity index (χ4v) is 4.21. The number of benzene rings is 3. The maximum absolute atomic E-state index is 5.51. The van der Waals surface area contributed by atoms with E-state index in [1.54, 1.807) is 14.2 Å². The van der Waals surface area contributed by atoms with Gasteiger partial charge < -0.3 is 14.8 Å². The van der Waals surface area contributed by atoms with Crippen molar-refractivity contribution in [2.45, 2.75) is 6.54 Å². The average molecular weight is 349 g/mol. The Balaban J connectivity index is 1.64. The minimum Gasteiger partial charge on any atom is -0.493 e. The van der Waals surface area contributed by atoms with Gasteiger partial charge in [-0.25, -0.2) is 0 Å². The Morgan fingerprint density at radius 3 is 2.52 bits per heavy atom. The number of methoxy groups -OCH3 is 2. The Kier molecular flexibility index (Phi) is 4.20. The molecule has 4 heteroatoms. The second-order valence-corrected chi connectivity index (χ2v) is 6.90. The third-order valence-corrected chi connectivity index (χ3v) is 5.50. The van der Waals surface area contributed by atoms with Gasteiger partial charge in [0, 0.05) is 38.0 Å².